The van der Waals surface area contributed by atoms with Gasteiger partial charge in [0.15, 0.2) is 11.5 Å². The molecule has 1 aliphatic rings. The number of hydrogen-bond acceptors (Lipinski definition) is 7. The zero-order valence-corrected chi connectivity index (χ0v) is 17.8. The summed E-state index contributed by atoms with van der Waals surface area (Å²) in [5, 5.41) is 5.37. The van der Waals surface area contributed by atoms with Crippen LogP contribution in [0.4, 0.5) is 0 Å². The highest BCUT2D eigenvalue weighted by Crippen LogP contribution is 2.33. The number of hydrogen-bond donors (Lipinski definition) is 2. The van der Waals surface area contributed by atoms with Crippen molar-refractivity contribution in [3.05, 3.63) is 59.3 Å². The second-order valence-electron chi connectivity index (χ2n) is 6.77. The topological polar surface area (TPSA) is 112 Å². The lowest BCUT2D eigenvalue weighted by atomic mass is 10.1. The second kappa shape index (κ2) is 10.9. The molecule has 0 saturated carbocycles. The van der Waals surface area contributed by atoms with E-state index in [0.29, 0.717) is 29.2 Å². The Kier molecular flexibility index (Phi) is 7.69. The molecule has 9 nitrogen and oxygen atoms in total. The molecule has 0 atom stereocenters. The minimum Gasteiger partial charge on any atom is -0.496 e. The maximum atomic E-state index is 12.9. The number of para-hydroxylation sites is 1. The number of carbonyl (C=O) groups is 3. The molecule has 2 aromatic carbocycles. The molecule has 168 valence electrons. The number of benzene rings is 2. The third-order valence-electron chi connectivity index (χ3n) is 4.46. The maximum absolute atomic E-state index is 12.9. The molecule has 2 N–H and O–H groups in total. The van der Waals surface area contributed by atoms with Crippen LogP contribution < -0.4 is 24.8 Å². The minimum absolute atomic E-state index is 0.0345. The quantitative estimate of drug-likeness (QED) is 0.349. The molecule has 3 rings (SSSR count). The Bertz CT molecular complexity index is 1030. The van der Waals surface area contributed by atoms with E-state index in [2.05, 4.69) is 10.6 Å². The van der Waals surface area contributed by atoms with Crippen molar-refractivity contribution in [1.82, 2.24) is 10.6 Å². The van der Waals surface area contributed by atoms with Gasteiger partial charge in [0.2, 0.25) is 6.79 Å². The molecule has 0 fully saturated rings. The summed E-state index contributed by atoms with van der Waals surface area (Å²) in [4.78, 5) is 36.5. The molecule has 32 heavy (non-hydrogen) atoms. The standard InChI is InChI=1S/C23H24N2O7/c1-15(26)30-11-5-10-24-23(28)18(12-16-8-9-20-21(13-16)32-14-31-20)25-22(27)17-6-3-4-7-19(17)29-2/h3-4,6-9,12-13H,5,10-11,14H2,1-2H3,(H,24,28)(H,25,27)/b18-12-. The zero-order valence-electron chi connectivity index (χ0n) is 17.8. The number of ether oxygens (including phenoxy) is 4. The summed E-state index contributed by atoms with van der Waals surface area (Å²) in [6.07, 6.45) is 1.97. The summed E-state index contributed by atoms with van der Waals surface area (Å²) in [6.45, 7) is 1.89. The SMILES string of the molecule is COc1ccccc1C(=O)N/C(=C\c1ccc2c(c1)OCO2)C(=O)NCCCOC(C)=O. The fourth-order valence-electron chi connectivity index (χ4n) is 2.94. The average Bonchev–Trinajstić information content (AvgIpc) is 3.26. The van der Waals surface area contributed by atoms with Crippen LogP contribution in [0.1, 0.15) is 29.3 Å². The van der Waals surface area contributed by atoms with Crippen molar-refractivity contribution in [2.24, 2.45) is 0 Å². The molecular formula is C23H24N2O7. The molecule has 0 unspecified atom stereocenters. The summed E-state index contributed by atoms with van der Waals surface area (Å²) in [5.74, 6) is 0.170. The first-order chi connectivity index (χ1) is 15.5. The first kappa shape index (κ1) is 22.7. The fraction of sp³-hybridized carbons (Fsp3) is 0.261. The number of esters is 1. The summed E-state index contributed by atoms with van der Waals surface area (Å²) >= 11 is 0. The van der Waals surface area contributed by atoms with Crippen LogP contribution >= 0.6 is 0 Å². The summed E-state index contributed by atoms with van der Waals surface area (Å²) < 4.78 is 20.8. The summed E-state index contributed by atoms with van der Waals surface area (Å²) in [6, 6.07) is 11.9. The maximum Gasteiger partial charge on any atom is 0.302 e. The van der Waals surface area contributed by atoms with Gasteiger partial charge in [-0.3, -0.25) is 14.4 Å². The normalized spacial score (nSPS) is 12.1. The lowest BCUT2D eigenvalue weighted by Gasteiger charge is -2.13. The van der Waals surface area contributed by atoms with Gasteiger partial charge in [0, 0.05) is 13.5 Å². The Morgan fingerprint density at radius 3 is 2.66 bits per heavy atom. The van der Waals surface area contributed by atoms with E-state index in [4.69, 9.17) is 18.9 Å². The lowest BCUT2D eigenvalue weighted by Crippen LogP contribution is -2.35. The van der Waals surface area contributed by atoms with Gasteiger partial charge in [0.1, 0.15) is 11.4 Å². The number of rotatable bonds is 9. The van der Waals surface area contributed by atoms with Crippen molar-refractivity contribution in [2.45, 2.75) is 13.3 Å². The van der Waals surface area contributed by atoms with Crippen molar-refractivity contribution >= 4 is 23.9 Å². The largest absolute Gasteiger partial charge is 0.496 e. The Morgan fingerprint density at radius 2 is 1.88 bits per heavy atom. The molecule has 2 amide bonds. The molecule has 0 saturated heterocycles. The fourth-order valence-corrected chi connectivity index (χ4v) is 2.94. The number of methoxy groups -OCH3 is 1. The number of carbonyl (C=O) groups excluding carboxylic acids is 3. The van der Waals surface area contributed by atoms with Gasteiger partial charge in [-0.1, -0.05) is 18.2 Å². The van der Waals surface area contributed by atoms with Crippen LogP contribution in [0, 0.1) is 0 Å². The van der Waals surface area contributed by atoms with Crippen molar-refractivity contribution < 1.29 is 33.3 Å². The van der Waals surface area contributed by atoms with Gasteiger partial charge in [-0.05, 0) is 42.3 Å². The lowest BCUT2D eigenvalue weighted by molar-refractivity contribution is -0.141. The monoisotopic (exact) mass is 440 g/mol. The van der Waals surface area contributed by atoms with Gasteiger partial charge in [-0.2, -0.15) is 0 Å². The van der Waals surface area contributed by atoms with E-state index in [1.165, 1.54) is 20.1 Å². The van der Waals surface area contributed by atoms with E-state index in [9.17, 15) is 14.4 Å². The predicted molar refractivity (Wildman–Crippen MR) is 115 cm³/mol. The molecule has 0 radical (unpaired) electrons. The summed E-state index contributed by atoms with van der Waals surface area (Å²) in [7, 11) is 1.46. The van der Waals surface area contributed by atoms with Crippen LogP contribution in [0.15, 0.2) is 48.2 Å². The van der Waals surface area contributed by atoms with Crippen LogP contribution in [0.2, 0.25) is 0 Å². The van der Waals surface area contributed by atoms with Crippen LogP contribution in [0.3, 0.4) is 0 Å². The molecule has 1 aliphatic heterocycles. The second-order valence-corrected chi connectivity index (χ2v) is 6.77. The van der Waals surface area contributed by atoms with Gasteiger partial charge >= 0.3 is 5.97 Å². The molecule has 9 heteroatoms. The molecule has 2 aromatic rings. The smallest absolute Gasteiger partial charge is 0.302 e. The van der Waals surface area contributed by atoms with Gasteiger partial charge in [-0.25, -0.2) is 0 Å². The Labute approximate surface area is 185 Å². The highest BCUT2D eigenvalue weighted by Gasteiger charge is 2.18. The summed E-state index contributed by atoms with van der Waals surface area (Å²) in [5.41, 5.74) is 0.959. The van der Waals surface area contributed by atoms with E-state index < -0.39 is 11.8 Å². The van der Waals surface area contributed by atoms with Crippen LogP contribution in [0.5, 0.6) is 17.2 Å². The van der Waals surface area contributed by atoms with E-state index in [-0.39, 0.29) is 37.2 Å². The minimum atomic E-state index is -0.496. The van der Waals surface area contributed by atoms with E-state index in [1.807, 2.05) is 0 Å². The number of amides is 2. The Balaban J connectivity index is 1.78. The molecule has 0 aliphatic carbocycles. The van der Waals surface area contributed by atoms with E-state index in [1.54, 1.807) is 42.5 Å². The Hall–Kier alpha value is -4.01. The zero-order chi connectivity index (χ0) is 22.9. The van der Waals surface area contributed by atoms with Crippen LogP contribution in [-0.4, -0.2) is 44.8 Å². The number of nitrogens with one attached hydrogen (secondary N) is 2. The van der Waals surface area contributed by atoms with Crippen LogP contribution in [0.25, 0.3) is 6.08 Å². The van der Waals surface area contributed by atoms with E-state index in [0.717, 1.165) is 0 Å². The van der Waals surface area contributed by atoms with Gasteiger partial charge in [0.05, 0.1) is 19.3 Å². The molecule has 1 heterocycles. The van der Waals surface area contributed by atoms with Gasteiger partial charge in [-0.15, -0.1) is 0 Å². The van der Waals surface area contributed by atoms with Gasteiger partial charge < -0.3 is 29.6 Å². The van der Waals surface area contributed by atoms with Crippen molar-refractivity contribution in [3.63, 3.8) is 0 Å². The van der Waals surface area contributed by atoms with Gasteiger partial charge in [0.25, 0.3) is 11.8 Å². The van der Waals surface area contributed by atoms with Crippen molar-refractivity contribution in [2.75, 3.05) is 27.1 Å². The van der Waals surface area contributed by atoms with Crippen molar-refractivity contribution in [3.8, 4) is 17.2 Å². The first-order valence-electron chi connectivity index (χ1n) is 9.95. The third-order valence-corrected chi connectivity index (χ3v) is 4.46. The molecule has 0 aromatic heterocycles. The third kappa shape index (κ3) is 6.00. The predicted octanol–water partition coefficient (Wildman–Crippen LogP) is 2.26. The molecule has 0 spiro atoms. The average molecular weight is 440 g/mol. The Morgan fingerprint density at radius 1 is 1.09 bits per heavy atom. The molecule has 0 bridgehead atoms. The van der Waals surface area contributed by atoms with E-state index >= 15 is 0 Å². The first-order valence-corrected chi connectivity index (χ1v) is 9.95. The number of fused-ring (bicyclic) bond motifs is 1. The van der Waals surface area contributed by atoms with Crippen LogP contribution in [-0.2, 0) is 14.3 Å². The highest BCUT2D eigenvalue weighted by molar-refractivity contribution is 6.06. The molecular weight excluding hydrogens is 416 g/mol. The highest BCUT2D eigenvalue weighted by atomic mass is 16.7. The van der Waals surface area contributed by atoms with Crippen molar-refractivity contribution in [1.29, 1.82) is 0 Å².